The van der Waals surface area contributed by atoms with E-state index in [1.54, 1.807) is 12.1 Å². The number of sulfone groups is 1. The first-order valence-electron chi connectivity index (χ1n) is 5.75. The molecule has 17 heavy (non-hydrogen) atoms. The highest BCUT2D eigenvalue weighted by Gasteiger charge is 2.16. The van der Waals surface area contributed by atoms with Gasteiger partial charge in [-0.3, -0.25) is 0 Å². The Labute approximate surface area is 103 Å². The van der Waals surface area contributed by atoms with Crippen molar-refractivity contribution in [1.29, 1.82) is 0 Å². The van der Waals surface area contributed by atoms with Gasteiger partial charge in [0, 0.05) is 19.3 Å². The molecule has 0 aliphatic heterocycles. The minimum atomic E-state index is -3.26. The number of nitrogens with zero attached hydrogens (tertiary/aromatic N) is 1. The van der Waals surface area contributed by atoms with Crippen molar-refractivity contribution < 1.29 is 8.42 Å². The molecule has 2 N–H and O–H groups in total. The molecule has 0 unspecified atom stereocenters. The fourth-order valence-corrected chi connectivity index (χ4v) is 2.68. The first kappa shape index (κ1) is 13.8. The van der Waals surface area contributed by atoms with Crippen molar-refractivity contribution in [2.75, 3.05) is 30.0 Å². The number of nitrogens with two attached hydrogens (primary N) is 1. The molecule has 1 aromatic carbocycles. The van der Waals surface area contributed by atoms with Crippen molar-refractivity contribution in [3.05, 3.63) is 18.2 Å². The van der Waals surface area contributed by atoms with Gasteiger partial charge in [-0.1, -0.05) is 13.0 Å². The van der Waals surface area contributed by atoms with Gasteiger partial charge in [0.05, 0.1) is 16.3 Å². The van der Waals surface area contributed by atoms with Crippen LogP contribution in [0.2, 0.25) is 0 Å². The number of rotatable bonds is 5. The van der Waals surface area contributed by atoms with Gasteiger partial charge in [0.1, 0.15) is 0 Å². The summed E-state index contributed by atoms with van der Waals surface area (Å²) in [5, 5.41) is 0. The molecule has 0 spiro atoms. The van der Waals surface area contributed by atoms with Crippen LogP contribution in [0, 0.1) is 0 Å². The van der Waals surface area contributed by atoms with E-state index < -0.39 is 9.84 Å². The van der Waals surface area contributed by atoms with E-state index in [0.717, 1.165) is 25.2 Å². The van der Waals surface area contributed by atoms with E-state index in [1.165, 1.54) is 6.26 Å². The topological polar surface area (TPSA) is 63.4 Å². The van der Waals surface area contributed by atoms with Gasteiger partial charge >= 0.3 is 0 Å². The Kier molecular flexibility index (Phi) is 4.40. The quantitative estimate of drug-likeness (QED) is 0.817. The van der Waals surface area contributed by atoms with E-state index >= 15 is 0 Å². The molecule has 0 heterocycles. The zero-order valence-electron chi connectivity index (χ0n) is 10.6. The lowest BCUT2D eigenvalue weighted by Gasteiger charge is -2.24. The monoisotopic (exact) mass is 256 g/mol. The molecule has 0 saturated carbocycles. The summed E-state index contributed by atoms with van der Waals surface area (Å²) in [7, 11) is -3.26. The Hall–Kier alpha value is -1.23. The molecule has 96 valence electrons. The van der Waals surface area contributed by atoms with Crippen molar-refractivity contribution in [1.82, 2.24) is 0 Å². The minimum absolute atomic E-state index is 0.213. The molecule has 0 aliphatic carbocycles. The van der Waals surface area contributed by atoms with E-state index in [1.807, 2.05) is 13.0 Å². The number of benzene rings is 1. The predicted molar refractivity (Wildman–Crippen MR) is 72.1 cm³/mol. The fraction of sp³-hybridized carbons (Fsp3) is 0.500. The second-order valence-electron chi connectivity index (χ2n) is 4.04. The molecule has 0 saturated heterocycles. The summed E-state index contributed by atoms with van der Waals surface area (Å²) in [5.41, 5.74) is 7.11. The molecule has 4 nitrogen and oxygen atoms in total. The maximum atomic E-state index is 11.6. The van der Waals surface area contributed by atoms with E-state index in [2.05, 4.69) is 11.8 Å². The summed E-state index contributed by atoms with van der Waals surface area (Å²) in [6, 6.07) is 5.15. The van der Waals surface area contributed by atoms with Gasteiger partial charge in [-0.2, -0.15) is 0 Å². The SMILES string of the molecule is CCCN(CC)c1cccc(S(C)(=O)=O)c1N. The second-order valence-corrected chi connectivity index (χ2v) is 6.02. The molecule has 0 atom stereocenters. The van der Waals surface area contributed by atoms with Gasteiger partial charge in [-0.15, -0.1) is 0 Å². The van der Waals surface area contributed by atoms with E-state index in [-0.39, 0.29) is 4.90 Å². The lowest BCUT2D eigenvalue weighted by Crippen LogP contribution is -2.25. The third-order valence-electron chi connectivity index (χ3n) is 2.66. The third-order valence-corrected chi connectivity index (χ3v) is 3.81. The third kappa shape index (κ3) is 3.12. The van der Waals surface area contributed by atoms with Crippen LogP contribution < -0.4 is 10.6 Å². The largest absolute Gasteiger partial charge is 0.396 e. The van der Waals surface area contributed by atoms with E-state index in [4.69, 9.17) is 5.73 Å². The summed E-state index contributed by atoms with van der Waals surface area (Å²) in [4.78, 5) is 2.30. The predicted octanol–water partition coefficient (Wildman–Crippen LogP) is 1.91. The highest BCUT2D eigenvalue weighted by atomic mass is 32.2. The number of hydrogen-bond donors (Lipinski definition) is 1. The van der Waals surface area contributed by atoms with Crippen LogP contribution in [-0.2, 0) is 9.84 Å². The van der Waals surface area contributed by atoms with Crippen LogP contribution in [0.3, 0.4) is 0 Å². The average Bonchev–Trinajstić information content (AvgIpc) is 2.25. The summed E-state index contributed by atoms with van der Waals surface area (Å²) in [6.45, 7) is 5.79. The normalized spacial score (nSPS) is 11.5. The molecular formula is C12H20N2O2S. The summed E-state index contributed by atoms with van der Waals surface area (Å²) >= 11 is 0. The highest BCUT2D eigenvalue weighted by Crippen LogP contribution is 2.29. The number of hydrogen-bond acceptors (Lipinski definition) is 4. The average molecular weight is 256 g/mol. The summed E-state index contributed by atoms with van der Waals surface area (Å²) in [6.07, 6.45) is 2.18. The van der Waals surface area contributed by atoms with E-state index in [9.17, 15) is 8.42 Å². The Bertz CT molecular complexity index is 483. The molecule has 0 bridgehead atoms. The lowest BCUT2D eigenvalue weighted by atomic mass is 10.2. The smallest absolute Gasteiger partial charge is 0.177 e. The van der Waals surface area contributed by atoms with Crippen molar-refractivity contribution in [2.45, 2.75) is 25.2 Å². The molecule has 0 aliphatic rings. The van der Waals surface area contributed by atoms with Crippen molar-refractivity contribution in [3.8, 4) is 0 Å². The lowest BCUT2D eigenvalue weighted by molar-refractivity contribution is 0.602. The van der Waals surface area contributed by atoms with Crippen molar-refractivity contribution >= 4 is 21.2 Å². The zero-order chi connectivity index (χ0) is 13.1. The number of para-hydroxylation sites is 1. The van der Waals surface area contributed by atoms with Gasteiger partial charge in [0.2, 0.25) is 0 Å². The van der Waals surface area contributed by atoms with Crippen molar-refractivity contribution in [2.24, 2.45) is 0 Å². The molecule has 5 heteroatoms. The zero-order valence-corrected chi connectivity index (χ0v) is 11.4. The van der Waals surface area contributed by atoms with Gasteiger partial charge in [0.25, 0.3) is 0 Å². The Balaban J connectivity index is 3.27. The maximum absolute atomic E-state index is 11.6. The second kappa shape index (κ2) is 5.40. The molecule has 0 aromatic heterocycles. The van der Waals surface area contributed by atoms with E-state index in [0.29, 0.717) is 5.69 Å². The molecule has 0 radical (unpaired) electrons. The molecule has 1 rings (SSSR count). The standard InChI is InChI=1S/C12H20N2O2S/c1-4-9-14(5-2)10-7-6-8-11(12(10)13)17(3,15)16/h6-8H,4-5,9,13H2,1-3H3. The molecule has 0 fully saturated rings. The molecule has 0 amide bonds. The number of anilines is 2. The van der Waals surface area contributed by atoms with Crippen molar-refractivity contribution in [3.63, 3.8) is 0 Å². The van der Waals surface area contributed by atoms with Crippen LogP contribution in [0.15, 0.2) is 23.1 Å². The first-order valence-corrected chi connectivity index (χ1v) is 7.64. The number of nitrogen functional groups attached to an aromatic ring is 1. The van der Waals surface area contributed by atoms with Crippen LogP contribution in [0.25, 0.3) is 0 Å². The van der Waals surface area contributed by atoms with Gasteiger partial charge in [-0.05, 0) is 25.5 Å². The van der Waals surface area contributed by atoms with Gasteiger partial charge in [0.15, 0.2) is 9.84 Å². The minimum Gasteiger partial charge on any atom is -0.396 e. The fourth-order valence-electron chi connectivity index (χ4n) is 1.85. The van der Waals surface area contributed by atoms with Crippen LogP contribution in [0.1, 0.15) is 20.3 Å². The van der Waals surface area contributed by atoms with Crippen LogP contribution in [-0.4, -0.2) is 27.8 Å². The Morgan fingerprint density at radius 2 is 1.94 bits per heavy atom. The summed E-state index contributed by atoms with van der Waals surface area (Å²) in [5.74, 6) is 0. The molecular weight excluding hydrogens is 236 g/mol. The van der Waals surface area contributed by atoms with Crippen LogP contribution in [0.5, 0.6) is 0 Å². The maximum Gasteiger partial charge on any atom is 0.177 e. The first-order chi connectivity index (χ1) is 7.91. The Morgan fingerprint density at radius 1 is 1.29 bits per heavy atom. The van der Waals surface area contributed by atoms with Crippen LogP contribution >= 0.6 is 0 Å². The highest BCUT2D eigenvalue weighted by molar-refractivity contribution is 7.90. The van der Waals surface area contributed by atoms with Gasteiger partial charge < -0.3 is 10.6 Å². The Morgan fingerprint density at radius 3 is 2.41 bits per heavy atom. The van der Waals surface area contributed by atoms with Crippen LogP contribution in [0.4, 0.5) is 11.4 Å². The summed E-state index contributed by atoms with van der Waals surface area (Å²) < 4.78 is 23.2. The van der Waals surface area contributed by atoms with Gasteiger partial charge in [-0.25, -0.2) is 8.42 Å². The molecule has 1 aromatic rings.